The molecule has 3 amide bonds. The summed E-state index contributed by atoms with van der Waals surface area (Å²) < 4.78 is 1.26. The molecular weight excluding hydrogens is 402 g/mol. The lowest BCUT2D eigenvalue weighted by Crippen LogP contribution is -2.42. The summed E-state index contributed by atoms with van der Waals surface area (Å²) in [6, 6.07) is 0. The first-order chi connectivity index (χ1) is 14.8. The van der Waals surface area contributed by atoms with Crippen molar-refractivity contribution in [3.8, 4) is 0 Å². The monoisotopic (exact) mass is 433 g/mol. The van der Waals surface area contributed by atoms with Gasteiger partial charge in [-0.2, -0.15) is 0 Å². The van der Waals surface area contributed by atoms with E-state index in [0.717, 1.165) is 19.3 Å². The van der Waals surface area contributed by atoms with Crippen molar-refractivity contribution in [2.45, 2.75) is 65.3 Å². The molecule has 2 fully saturated rings. The van der Waals surface area contributed by atoms with E-state index in [-0.39, 0.29) is 54.7 Å². The number of H-pyrrole nitrogens is 1. The SMILES string of the molecule is CCCCn1c(N)c(N(CC)C(=O)CCN2C(=O)C3CCCCC3C2=O)c(=O)[nH]c1=O. The summed E-state index contributed by atoms with van der Waals surface area (Å²) >= 11 is 0. The van der Waals surface area contributed by atoms with Crippen LogP contribution in [-0.4, -0.2) is 45.3 Å². The van der Waals surface area contributed by atoms with Gasteiger partial charge in [-0.25, -0.2) is 4.79 Å². The third-order valence-corrected chi connectivity index (χ3v) is 6.32. The Morgan fingerprint density at radius 3 is 2.23 bits per heavy atom. The molecule has 0 aromatic carbocycles. The second kappa shape index (κ2) is 9.49. The minimum Gasteiger partial charge on any atom is -0.383 e. The van der Waals surface area contributed by atoms with Gasteiger partial charge in [-0.3, -0.25) is 33.6 Å². The number of anilines is 2. The van der Waals surface area contributed by atoms with Crippen molar-refractivity contribution in [3.63, 3.8) is 0 Å². The highest BCUT2D eigenvalue weighted by atomic mass is 16.2. The van der Waals surface area contributed by atoms with Gasteiger partial charge in [-0.05, 0) is 26.2 Å². The molecule has 0 spiro atoms. The second-order valence-electron chi connectivity index (χ2n) is 8.21. The zero-order valence-corrected chi connectivity index (χ0v) is 18.2. The molecule has 170 valence electrons. The fraction of sp³-hybridized carbons (Fsp3) is 0.667. The number of nitrogens with two attached hydrogens (primary N) is 1. The van der Waals surface area contributed by atoms with E-state index in [9.17, 15) is 24.0 Å². The Labute approximate surface area is 180 Å². The molecule has 10 heteroatoms. The number of hydrogen-bond acceptors (Lipinski definition) is 6. The van der Waals surface area contributed by atoms with Crippen LogP contribution < -0.4 is 21.9 Å². The van der Waals surface area contributed by atoms with Crippen LogP contribution in [0.3, 0.4) is 0 Å². The molecule has 2 atom stereocenters. The Balaban J connectivity index is 1.78. The zero-order chi connectivity index (χ0) is 22.7. The molecule has 1 aromatic rings. The number of unbranched alkanes of at least 4 members (excludes halogenated alkanes) is 1. The predicted octanol–water partition coefficient (Wildman–Crippen LogP) is 0.837. The number of nitrogens with zero attached hydrogens (tertiary/aromatic N) is 3. The number of likely N-dealkylation sites (tertiary alicyclic amines) is 1. The number of nitrogen functional groups attached to an aromatic ring is 1. The number of aromatic amines is 1. The molecule has 31 heavy (non-hydrogen) atoms. The fourth-order valence-electron chi connectivity index (χ4n) is 4.63. The molecule has 1 aliphatic carbocycles. The fourth-order valence-corrected chi connectivity index (χ4v) is 4.63. The molecule has 0 bridgehead atoms. The van der Waals surface area contributed by atoms with Gasteiger partial charge < -0.3 is 10.6 Å². The van der Waals surface area contributed by atoms with E-state index in [0.29, 0.717) is 25.8 Å². The van der Waals surface area contributed by atoms with E-state index in [1.54, 1.807) is 6.92 Å². The molecule has 1 saturated heterocycles. The van der Waals surface area contributed by atoms with Gasteiger partial charge in [0, 0.05) is 26.1 Å². The number of amides is 3. The van der Waals surface area contributed by atoms with Crippen LogP contribution >= 0.6 is 0 Å². The molecule has 1 aliphatic heterocycles. The molecule has 2 heterocycles. The number of hydrogen-bond donors (Lipinski definition) is 2. The van der Waals surface area contributed by atoms with E-state index in [1.165, 1.54) is 14.4 Å². The third-order valence-electron chi connectivity index (χ3n) is 6.32. The van der Waals surface area contributed by atoms with Crippen molar-refractivity contribution in [2.24, 2.45) is 11.8 Å². The van der Waals surface area contributed by atoms with Crippen LogP contribution in [0.25, 0.3) is 0 Å². The maximum Gasteiger partial charge on any atom is 0.330 e. The van der Waals surface area contributed by atoms with E-state index >= 15 is 0 Å². The van der Waals surface area contributed by atoms with Crippen molar-refractivity contribution in [2.75, 3.05) is 23.7 Å². The highest BCUT2D eigenvalue weighted by Crippen LogP contribution is 2.38. The Hall–Kier alpha value is -2.91. The highest BCUT2D eigenvalue weighted by molar-refractivity contribution is 6.05. The van der Waals surface area contributed by atoms with Crippen LogP contribution in [0.5, 0.6) is 0 Å². The van der Waals surface area contributed by atoms with E-state index < -0.39 is 17.2 Å². The Morgan fingerprint density at radius 2 is 1.68 bits per heavy atom. The highest BCUT2D eigenvalue weighted by Gasteiger charge is 2.47. The number of fused-ring (bicyclic) bond motifs is 1. The quantitative estimate of drug-likeness (QED) is 0.583. The lowest BCUT2D eigenvalue weighted by molar-refractivity contribution is -0.140. The van der Waals surface area contributed by atoms with Crippen molar-refractivity contribution in [1.82, 2.24) is 14.5 Å². The van der Waals surface area contributed by atoms with Gasteiger partial charge in [0.05, 0.1) is 11.8 Å². The number of imide groups is 1. The zero-order valence-electron chi connectivity index (χ0n) is 18.2. The van der Waals surface area contributed by atoms with E-state index in [2.05, 4.69) is 4.98 Å². The average Bonchev–Trinajstić information content (AvgIpc) is 2.99. The molecule has 1 aromatic heterocycles. The van der Waals surface area contributed by atoms with Gasteiger partial charge in [0.25, 0.3) is 5.56 Å². The molecule has 2 aliphatic rings. The van der Waals surface area contributed by atoms with Crippen LogP contribution in [0.15, 0.2) is 9.59 Å². The smallest absolute Gasteiger partial charge is 0.330 e. The number of aromatic nitrogens is 2. The minimum atomic E-state index is -0.732. The third kappa shape index (κ3) is 4.28. The summed E-state index contributed by atoms with van der Waals surface area (Å²) in [6.45, 7) is 4.13. The standard InChI is InChI=1S/C21H31N5O5/c1-3-5-11-25-17(22)16(18(28)23-21(25)31)24(4-2)15(27)10-12-26-19(29)13-8-6-7-9-14(13)20(26)30/h13-14H,3-12,22H2,1-2H3,(H,23,28,31). The topological polar surface area (TPSA) is 139 Å². The van der Waals surface area contributed by atoms with E-state index in [4.69, 9.17) is 5.73 Å². The van der Waals surface area contributed by atoms with Gasteiger partial charge in [0.1, 0.15) is 5.82 Å². The lowest BCUT2D eigenvalue weighted by Gasteiger charge is -2.24. The van der Waals surface area contributed by atoms with Crippen molar-refractivity contribution < 1.29 is 14.4 Å². The van der Waals surface area contributed by atoms with Gasteiger partial charge in [-0.15, -0.1) is 0 Å². The van der Waals surface area contributed by atoms with Crippen LogP contribution in [0.4, 0.5) is 11.5 Å². The van der Waals surface area contributed by atoms with E-state index in [1.807, 2.05) is 6.92 Å². The summed E-state index contributed by atoms with van der Waals surface area (Å²) in [7, 11) is 0. The summed E-state index contributed by atoms with van der Waals surface area (Å²) in [4.78, 5) is 67.5. The molecule has 3 rings (SSSR count). The molecule has 2 unspecified atom stereocenters. The average molecular weight is 434 g/mol. The molecule has 1 saturated carbocycles. The molecule has 10 nitrogen and oxygen atoms in total. The van der Waals surface area contributed by atoms with Gasteiger partial charge in [0.15, 0.2) is 5.69 Å². The summed E-state index contributed by atoms with van der Waals surface area (Å²) in [5.41, 5.74) is 4.70. The van der Waals surface area contributed by atoms with Gasteiger partial charge >= 0.3 is 5.69 Å². The van der Waals surface area contributed by atoms with Gasteiger partial charge in [-0.1, -0.05) is 26.2 Å². The normalized spacial score (nSPS) is 20.8. The van der Waals surface area contributed by atoms with Crippen LogP contribution in [0.1, 0.15) is 58.8 Å². The molecule has 0 radical (unpaired) electrons. The minimum absolute atomic E-state index is 0.0206. The first-order valence-corrected chi connectivity index (χ1v) is 11.1. The maximum atomic E-state index is 13.0. The van der Waals surface area contributed by atoms with Crippen molar-refractivity contribution in [3.05, 3.63) is 20.8 Å². The lowest BCUT2D eigenvalue weighted by atomic mass is 9.81. The first kappa shape index (κ1) is 22.8. The Kier molecular flexibility index (Phi) is 6.97. The predicted molar refractivity (Wildman–Crippen MR) is 115 cm³/mol. The molecular formula is C21H31N5O5. The number of carbonyl (C=O) groups excluding carboxylic acids is 3. The summed E-state index contributed by atoms with van der Waals surface area (Å²) in [6.07, 6.45) is 4.71. The second-order valence-corrected chi connectivity index (χ2v) is 8.21. The van der Waals surface area contributed by atoms with Crippen LogP contribution in [0, 0.1) is 11.8 Å². The largest absolute Gasteiger partial charge is 0.383 e. The number of rotatable bonds is 8. The maximum absolute atomic E-state index is 13.0. The van der Waals surface area contributed by atoms with Crippen LogP contribution in [-0.2, 0) is 20.9 Å². The Morgan fingerprint density at radius 1 is 1.06 bits per heavy atom. The number of carbonyl (C=O) groups is 3. The Bertz CT molecular complexity index is 957. The summed E-state index contributed by atoms with van der Waals surface area (Å²) in [5.74, 6) is -1.42. The van der Waals surface area contributed by atoms with Crippen molar-refractivity contribution >= 4 is 29.2 Å². The summed E-state index contributed by atoms with van der Waals surface area (Å²) in [5, 5.41) is 0. The number of nitrogens with one attached hydrogen (secondary N) is 1. The molecule has 3 N–H and O–H groups in total. The van der Waals surface area contributed by atoms with Crippen LogP contribution in [0.2, 0.25) is 0 Å². The van der Waals surface area contributed by atoms with Crippen molar-refractivity contribution in [1.29, 1.82) is 0 Å². The first-order valence-electron chi connectivity index (χ1n) is 11.1. The van der Waals surface area contributed by atoms with Gasteiger partial charge in [0.2, 0.25) is 17.7 Å².